The fraction of sp³-hybridized carbons (Fsp3) is 0.333. The summed E-state index contributed by atoms with van der Waals surface area (Å²) >= 11 is 1.62. The first-order valence-electron chi connectivity index (χ1n) is 5.03. The molecule has 0 atom stereocenters. The fourth-order valence-corrected chi connectivity index (χ4v) is 2.27. The van der Waals surface area contributed by atoms with Crippen LogP contribution < -0.4 is 0 Å². The van der Waals surface area contributed by atoms with Gasteiger partial charge in [-0.2, -0.15) is 0 Å². The van der Waals surface area contributed by atoms with E-state index in [9.17, 15) is 4.79 Å². The Bertz CT molecular complexity index is 487. The van der Waals surface area contributed by atoms with Crippen molar-refractivity contribution in [1.82, 2.24) is 4.98 Å². The van der Waals surface area contributed by atoms with Gasteiger partial charge in [-0.1, -0.05) is 13.8 Å². The lowest BCUT2D eigenvalue weighted by atomic mass is 10.0. The molecule has 2 aromatic rings. The van der Waals surface area contributed by atoms with Crippen LogP contribution in [0, 0.1) is 5.92 Å². The standard InChI is InChI=1S/C12H13NOS/c1-8(2)5-11(14)9-6-12-10(13-7-9)3-4-15-12/h3-4,6-8H,5H2,1-2H3. The lowest BCUT2D eigenvalue weighted by Gasteiger charge is -2.03. The molecule has 0 aromatic carbocycles. The van der Waals surface area contributed by atoms with Crippen LogP contribution in [0.1, 0.15) is 30.6 Å². The maximum Gasteiger partial charge on any atom is 0.164 e. The minimum atomic E-state index is 0.188. The Morgan fingerprint density at radius 3 is 3.07 bits per heavy atom. The monoisotopic (exact) mass is 219 g/mol. The van der Waals surface area contributed by atoms with Gasteiger partial charge in [0.25, 0.3) is 0 Å². The van der Waals surface area contributed by atoms with Crippen molar-refractivity contribution < 1.29 is 4.79 Å². The number of fused-ring (bicyclic) bond motifs is 1. The first kappa shape index (κ1) is 10.3. The Morgan fingerprint density at radius 1 is 1.53 bits per heavy atom. The van der Waals surface area contributed by atoms with Gasteiger partial charge < -0.3 is 0 Å². The summed E-state index contributed by atoms with van der Waals surface area (Å²) < 4.78 is 1.09. The molecule has 0 saturated heterocycles. The van der Waals surface area contributed by atoms with Crippen LogP contribution >= 0.6 is 11.3 Å². The summed E-state index contributed by atoms with van der Waals surface area (Å²) in [5.41, 5.74) is 1.71. The first-order valence-corrected chi connectivity index (χ1v) is 5.91. The van der Waals surface area contributed by atoms with Crippen LogP contribution in [0.3, 0.4) is 0 Å². The van der Waals surface area contributed by atoms with Crippen molar-refractivity contribution >= 4 is 27.3 Å². The Hall–Kier alpha value is -1.22. The Labute approximate surface area is 93.0 Å². The predicted octanol–water partition coefficient (Wildman–Crippen LogP) is 3.53. The van der Waals surface area contributed by atoms with Gasteiger partial charge in [-0.15, -0.1) is 11.3 Å². The van der Waals surface area contributed by atoms with Gasteiger partial charge in [0.1, 0.15) is 0 Å². The van der Waals surface area contributed by atoms with E-state index in [1.807, 2.05) is 17.5 Å². The van der Waals surface area contributed by atoms with Crippen LogP contribution in [-0.2, 0) is 0 Å². The molecule has 0 N–H and O–H groups in total. The Morgan fingerprint density at radius 2 is 2.33 bits per heavy atom. The SMILES string of the molecule is CC(C)CC(=O)c1cnc2ccsc2c1. The van der Waals surface area contributed by atoms with Gasteiger partial charge in [-0.05, 0) is 23.4 Å². The topological polar surface area (TPSA) is 30.0 Å². The van der Waals surface area contributed by atoms with E-state index < -0.39 is 0 Å². The summed E-state index contributed by atoms with van der Waals surface area (Å²) in [7, 11) is 0. The average molecular weight is 219 g/mol. The Balaban J connectivity index is 2.31. The molecule has 0 saturated carbocycles. The highest BCUT2D eigenvalue weighted by Crippen LogP contribution is 2.20. The van der Waals surface area contributed by atoms with Crippen LogP contribution in [0.25, 0.3) is 10.2 Å². The molecular formula is C12H13NOS. The minimum absolute atomic E-state index is 0.188. The van der Waals surface area contributed by atoms with Crippen molar-refractivity contribution in [3.05, 3.63) is 29.3 Å². The smallest absolute Gasteiger partial charge is 0.164 e. The van der Waals surface area contributed by atoms with Gasteiger partial charge in [0.2, 0.25) is 0 Å². The summed E-state index contributed by atoms with van der Waals surface area (Å²) in [6, 6.07) is 3.91. The van der Waals surface area contributed by atoms with E-state index >= 15 is 0 Å². The zero-order chi connectivity index (χ0) is 10.8. The van der Waals surface area contributed by atoms with Gasteiger partial charge >= 0.3 is 0 Å². The molecule has 0 aliphatic rings. The maximum atomic E-state index is 11.8. The van der Waals surface area contributed by atoms with Gasteiger partial charge in [0.05, 0.1) is 10.2 Å². The molecular weight excluding hydrogens is 206 g/mol. The quantitative estimate of drug-likeness (QED) is 0.739. The number of aromatic nitrogens is 1. The van der Waals surface area contributed by atoms with Crippen molar-refractivity contribution in [1.29, 1.82) is 0 Å². The van der Waals surface area contributed by atoms with Crippen LogP contribution in [0.5, 0.6) is 0 Å². The minimum Gasteiger partial charge on any atom is -0.294 e. The highest BCUT2D eigenvalue weighted by atomic mass is 32.1. The highest BCUT2D eigenvalue weighted by molar-refractivity contribution is 7.17. The molecule has 2 nitrogen and oxygen atoms in total. The number of carbonyl (C=O) groups excluding carboxylic acids is 1. The molecule has 0 spiro atoms. The second-order valence-corrected chi connectivity index (χ2v) is 5.00. The molecule has 0 bridgehead atoms. The van der Waals surface area contributed by atoms with Gasteiger partial charge in [-0.3, -0.25) is 9.78 Å². The van der Waals surface area contributed by atoms with Crippen molar-refractivity contribution in [3.63, 3.8) is 0 Å². The van der Waals surface area contributed by atoms with E-state index in [0.29, 0.717) is 12.3 Å². The maximum absolute atomic E-state index is 11.8. The number of ketones is 1. The fourth-order valence-electron chi connectivity index (χ4n) is 1.49. The number of thiophene rings is 1. The number of rotatable bonds is 3. The molecule has 2 aromatic heterocycles. The van der Waals surface area contributed by atoms with E-state index in [1.165, 1.54) is 0 Å². The molecule has 0 aliphatic carbocycles. The van der Waals surface area contributed by atoms with E-state index in [0.717, 1.165) is 15.8 Å². The summed E-state index contributed by atoms with van der Waals surface area (Å²) in [4.78, 5) is 16.0. The number of hydrogen-bond donors (Lipinski definition) is 0. The predicted molar refractivity (Wildman–Crippen MR) is 63.4 cm³/mol. The lowest BCUT2D eigenvalue weighted by Crippen LogP contribution is -2.03. The van der Waals surface area contributed by atoms with Crippen LogP contribution in [0.4, 0.5) is 0 Å². The summed E-state index contributed by atoms with van der Waals surface area (Å²) in [5, 5.41) is 1.99. The molecule has 2 heterocycles. The molecule has 78 valence electrons. The van der Waals surface area contributed by atoms with Gasteiger partial charge in [0.15, 0.2) is 5.78 Å². The molecule has 0 unspecified atom stereocenters. The van der Waals surface area contributed by atoms with Crippen molar-refractivity contribution in [2.45, 2.75) is 20.3 Å². The summed E-state index contributed by atoms with van der Waals surface area (Å²) in [6.45, 7) is 4.10. The first-order chi connectivity index (χ1) is 7.16. The van der Waals surface area contributed by atoms with Crippen molar-refractivity contribution in [3.8, 4) is 0 Å². The second-order valence-electron chi connectivity index (χ2n) is 4.05. The third-order valence-electron chi connectivity index (χ3n) is 2.22. The Kier molecular flexibility index (Phi) is 2.82. The molecule has 0 amide bonds. The number of carbonyl (C=O) groups is 1. The third-order valence-corrected chi connectivity index (χ3v) is 3.07. The van der Waals surface area contributed by atoms with Crippen molar-refractivity contribution in [2.24, 2.45) is 5.92 Å². The normalized spacial score (nSPS) is 11.1. The summed E-state index contributed by atoms with van der Waals surface area (Å²) in [5.74, 6) is 0.587. The van der Waals surface area contributed by atoms with Crippen LogP contribution in [-0.4, -0.2) is 10.8 Å². The van der Waals surface area contributed by atoms with Crippen LogP contribution in [0.2, 0.25) is 0 Å². The van der Waals surface area contributed by atoms with E-state index in [2.05, 4.69) is 18.8 Å². The summed E-state index contributed by atoms with van der Waals surface area (Å²) in [6.07, 6.45) is 2.28. The zero-order valence-electron chi connectivity index (χ0n) is 8.86. The zero-order valence-corrected chi connectivity index (χ0v) is 9.67. The van der Waals surface area contributed by atoms with Gasteiger partial charge in [0, 0.05) is 18.2 Å². The molecule has 15 heavy (non-hydrogen) atoms. The molecule has 2 rings (SSSR count). The van der Waals surface area contributed by atoms with E-state index in [4.69, 9.17) is 0 Å². The third kappa shape index (κ3) is 2.23. The van der Waals surface area contributed by atoms with Crippen LogP contribution in [0.15, 0.2) is 23.7 Å². The molecule has 3 heteroatoms. The average Bonchev–Trinajstić information content (AvgIpc) is 2.62. The number of Topliss-reactive ketones (excluding diaryl/α,β-unsaturated/α-hetero) is 1. The van der Waals surface area contributed by atoms with E-state index in [-0.39, 0.29) is 5.78 Å². The van der Waals surface area contributed by atoms with E-state index in [1.54, 1.807) is 17.5 Å². The number of hydrogen-bond acceptors (Lipinski definition) is 3. The van der Waals surface area contributed by atoms with Crippen molar-refractivity contribution in [2.75, 3.05) is 0 Å². The molecule has 0 fully saturated rings. The second kappa shape index (κ2) is 4.11. The largest absolute Gasteiger partial charge is 0.294 e. The number of nitrogens with zero attached hydrogens (tertiary/aromatic N) is 1. The van der Waals surface area contributed by atoms with Gasteiger partial charge in [-0.25, -0.2) is 0 Å². The molecule has 0 aliphatic heterocycles. The molecule has 0 radical (unpaired) electrons. The lowest BCUT2D eigenvalue weighted by molar-refractivity contribution is 0.0967. The highest BCUT2D eigenvalue weighted by Gasteiger charge is 2.09. The number of pyridine rings is 1.